The van der Waals surface area contributed by atoms with Crippen LogP contribution in [0.2, 0.25) is 0 Å². The highest BCUT2D eigenvalue weighted by Crippen LogP contribution is 2.16. The van der Waals surface area contributed by atoms with Gasteiger partial charge in [0, 0.05) is 6.20 Å². The van der Waals surface area contributed by atoms with Gasteiger partial charge in [-0.25, -0.2) is 4.98 Å². The SMILES string of the molecule is CC(C)CC/C(=N/O)c1cccc(-c2ccccn2)n1. The molecule has 2 aromatic rings. The van der Waals surface area contributed by atoms with Crippen molar-refractivity contribution in [2.45, 2.75) is 26.7 Å². The quantitative estimate of drug-likeness (QED) is 0.511. The van der Waals surface area contributed by atoms with Crippen LogP contribution < -0.4 is 0 Å². The smallest absolute Gasteiger partial charge is 0.105 e. The van der Waals surface area contributed by atoms with Crippen LogP contribution in [-0.2, 0) is 0 Å². The maximum atomic E-state index is 9.19. The summed E-state index contributed by atoms with van der Waals surface area (Å²) >= 11 is 0. The molecule has 0 fully saturated rings. The van der Waals surface area contributed by atoms with Crippen LogP contribution in [0.15, 0.2) is 47.8 Å². The van der Waals surface area contributed by atoms with E-state index in [1.807, 2.05) is 36.4 Å². The van der Waals surface area contributed by atoms with Crippen LogP contribution in [0.25, 0.3) is 11.4 Å². The third-order valence-corrected chi connectivity index (χ3v) is 3.05. The zero-order valence-electron chi connectivity index (χ0n) is 11.8. The molecule has 0 aliphatic heterocycles. The number of nitrogens with zero attached hydrogens (tertiary/aromatic N) is 3. The second-order valence-corrected chi connectivity index (χ2v) is 5.10. The first kappa shape index (κ1) is 14.2. The second kappa shape index (κ2) is 6.80. The fourth-order valence-corrected chi connectivity index (χ4v) is 1.91. The second-order valence-electron chi connectivity index (χ2n) is 5.10. The monoisotopic (exact) mass is 269 g/mol. The molecule has 104 valence electrons. The molecule has 0 radical (unpaired) electrons. The number of rotatable bonds is 5. The molecule has 2 aromatic heterocycles. The van der Waals surface area contributed by atoms with Gasteiger partial charge in [-0.15, -0.1) is 0 Å². The van der Waals surface area contributed by atoms with Crippen molar-refractivity contribution in [2.75, 3.05) is 0 Å². The molecule has 0 spiro atoms. The van der Waals surface area contributed by atoms with Gasteiger partial charge in [0.15, 0.2) is 0 Å². The normalized spacial score (nSPS) is 11.8. The van der Waals surface area contributed by atoms with Crippen LogP contribution in [0, 0.1) is 5.92 Å². The van der Waals surface area contributed by atoms with E-state index in [4.69, 9.17) is 0 Å². The van der Waals surface area contributed by atoms with E-state index in [-0.39, 0.29) is 0 Å². The molecule has 0 saturated heterocycles. The summed E-state index contributed by atoms with van der Waals surface area (Å²) < 4.78 is 0. The molecule has 0 aliphatic carbocycles. The Morgan fingerprint density at radius 2 is 1.95 bits per heavy atom. The van der Waals surface area contributed by atoms with Gasteiger partial charge in [-0.1, -0.05) is 31.1 Å². The Bertz CT molecular complexity index is 579. The molecule has 0 bridgehead atoms. The molecule has 0 aromatic carbocycles. The molecule has 0 unspecified atom stereocenters. The Balaban J connectivity index is 2.25. The number of hydrogen-bond donors (Lipinski definition) is 1. The topological polar surface area (TPSA) is 58.4 Å². The average molecular weight is 269 g/mol. The third kappa shape index (κ3) is 3.63. The Kier molecular flexibility index (Phi) is 4.82. The Labute approximate surface area is 119 Å². The summed E-state index contributed by atoms with van der Waals surface area (Å²) in [6, 6.07) is 11.4. The first-order valence-electron chi connectivity index (χ1n) is 6.80. The summed E-state index contributed by atoms with van der Waals surface area (Å²) in [6.45, 7) is 4.29. The number of aromatic nitrogens is 2. The molecule has 2 rings (SSSR count). The summed E-state index contributed by atoms with van der Waals surface area (Å²) in [7, 11) is 0. The van der Waals surface area contributed by atoms with E-state index in [1.165, 1.54) is 0 Å². The highest BCUT2D eigenvalue weighted by Gasteiger charge is 2.09. The largest absolute Gasteiger partial charge is 0.411 e. The van der Waals surface area contributed by atoms with Crippen molar-refractivity contribution in [1.29, 1.82) is 0 Å². The first-order valence-corrected chi connectivity index (χ1v) is 6.80. The fourth-order valence-electron chi connectivity index (χ4n) is 1.91. The minimum Gasteiger partial charge on any atom is -0.411 e. The van der Waals surface area contributed by atoms with Gasteiger partial charge >= 0.3 is 0 Å². The minimum absolute atomic E-state index is 0.561. The lowest BCUT2D eigenvalue weighted by molar-refractivity contribution is 0.317. The van der Waals surface area contributed by atoms with Gasteiger partial charge in [-0.05, 0) is 43.0 Å². The van der Waals surface area contributed by atoms with E-state index in [2.05, 4.69) is 29.0 Å². The molecule has 0 atom stereocenters. The molecule has 1 N–H and O–H groups in total. The first-order chi connectivity index (χ1) is 9.70. The third-order valence-electron chi connectivity index (χ3n) is 3.05. The highest BCUT2D eigenvalue weighted by atomic mass is 16.4. The summed E-state index contributed by atoms with van der Waals surface area (Å²) in [5, 5.41) is 12.6. The molecule has 0 amide bonds. The van der Waals surface area contributed by atoms with Crippen LogP contribution in [0.5, 0.6) is 0 Å². The lowest BCUT2D eigenvalue weighted by Crippen LogP contribution is -2.06. The van der Waals surface area contributed by atoms with Gasteiger partial charge in [0.1, 0.15) is 5.71 Å². The molecular formula is C16H19N3O. The predicted molar refractivity (Wildman–Crippen MR) is 79.9 cm³/mol. The van der Waals surface area contributed by atoms with Crippen molar-refractivity contribution in [3.8, 4) is 11.4 Å². The summed E-state index contributed by atoms with van der Waals surface area (Å²) in [5.41, 5.74) is 2.93. The van der Waals surface area contributed by atoms with Crippen molar-refractivity contribution >= 4 is 5.71 Å². The van der Waals surface area contributed by atoms with Crippen LogP contribution in [0.3, 0.4) is 0 Å². The van der Waals surface area contributed by atoms with Crippen molar-refractivity contribution in [3.05, 3.63) is 48.3 Å². The van der Waals surface area contributed by atoms with Gasteiger partial charge < -0.3 is 5.21 Å². The zero-order chi connectivity index (χ0) is 14.4. The van der Waals surface area contributed by atoms with Gasteiger partial charge in [-0.2, -0.15) is 0 Å². The van der Waals surface area contributed by atoms with Crippen LogP contribution in [-0.4, -0.2) is 20.9 Å². The van der Waals surface area contributed by atoms with Crippen molar-refractivity contribution < 1.29 is 5.21 Å². The van der Waals surface area contributed by atoms with Gasteiger partial charge in [-0.3, -0.25) is 4.98 Å². The van der Waals surface area contributed by atoms with Gasteiger partial charge in [0.05, 0.1) is 17.1 Å². The van der Waals surface area contributed by atoms with Gasteiger partial charge in [0.25, 0.3) is 0 Å². The maximum absolute atomic E-state index is 9.19. The molecule has 2 heterocycles. The predicted octanol–water partition coefficient (Wildman–Crippen LogP) is 3.76. The van der Waals surface area contributed by atoms with Crippen molar-refractivity contribution in [2.24, 2.45) is 11.1 Å². The van der Waals surface area contributed by atoms with E-state index >= 15 is 0 Å². The minimum atomic E-state index is 0.561. The lowest BCUT2D eigenvalue weighted by atomic mass is 10.0. The Hall–Kier alpha value is -2.23. The van der Waals surface area contributed by atoms with Crippen LogP contribution in [0.1, 0.15) is 32.4 Å². The maximum Gasteiger partial charge on any atom is 0.105 e. The summed E-state index contributed by atoms with van der Waals surface area (Å²) in [5.74, 6) is 0.561. The van der Waals surface area contributed by atoms with Crippen LogP contribution >= 0.6 is 0 Å². The molecule has 20 heavy (non-hydrogen) atoms. The average Bonchev–Trinajstić information content (AvgIpc) is 2.49. The van der Waals surface area contributed by atoms with Crippen LogP contribution in [0.4, 0.5) is 0 Å². The van der Waals surface area contributed by atoms with Crippen molar-refractivity contribution in [1.82, 2.24) is 9.97 Å². The fraction of sp³-hybridized carbons (Fsp3) is 0.312. The molecule has 0 saturated carbocycles. The Morgan fingerprint density at radius 1 is 1.15 bits per heavy atom. The van der Waals surface area contributed by atoms with E-state index in [1.54, 1.807) is 6.20 Å². The number of hydrogen-bond acceptors (Lipinski definition) is 4. The number of oxime groups is 1. The molecule has 4 heteroatoms. The summed E-state index contributed by atoms with van der Waals surface area (Å²) in [4.78, 5) is 8.82. The van der Waals surface area contributed by atoms with E-state index in [9.17, 15) is 5.21 Å². The van der Waals surface area contributed by atoms with Crippen molar-refractivity contribution in [3.63, 3.8) is 0 Å². The van der Waals surface area contributed by atoms with E-state index in [0.29, 0.717) is 23.7 Å². The zero-order valence-corrected chi connectivity index (χ0v) is 11.8. The summed E-state index contributed by atoms with van der Waals surface area (Å²) in [6.07, 6.45) is 3.42. The van der Waals surface area contributed by atoms with E-state index in [0.717, 1.165) is 17.8 Å². The molecule has 0 aliphatic rings. The standard InChI is InChI=1S/C16H19N3O/c1-12(2)9-10-16(19-20)15-8-5-7-14(18-15)13-6-3-4-11-17-13/h3-8,11-12,20H,9-10H2,1-2H3/b19-16-. The van der Waals surface area contributed by atoms with E-state index < -0.39 is 0 Å². The lowest BCUT2D eigenvalue weighted by Gasteiger charge is -2.07. The highest BCUT2D eigenvalue weighted by molar-refractivity contribution is 5.98. The Morgan fingerprint density at radius 3 is 2.60 bits per heavy atom. The van der Waals surface area contributed by atoms with Gasteiger partial charge in [0.2, 0.25) is 0 Å². The molecular weight excluding hydrogens is 250 g/mol. The number of pyridine rings is 2. The molecule has 4 nitrogen and oxygen atoms in total.